The zero-order chi connectivity index (χ0) is 15.5. The molecule has 2 fully saturated rings. The molecule has 4 atom stereocenters. The SMILES string of the molecule is CC1(C)O[C@@H]2[C@H](O1)[C@@H](CO)O[C@H]2n1nnc2c(N)ncnc21. The fraction of sp³-hybridized carbons (Fsp3) is 0.667. The van der Waals surface area contributed by atoms with Crippen molar-refractivity contribution in [3.05, 3.63) is 6.33 Å². The zero-order valence-corrected chi connectivity index (χ0v) is 12.1. The lowest BCUT2D eigenvalue weighted by Crippen LogP contribution is -2.31. The normalized spacial score (nSPS) is 33.4. The first-order chi connectivity index (χ1) is 10.5. The summed E-state index contributed by atoms with van der Waals surface area (Å²) in [5.41, 5.74) is 6.61. The predicted molar refractivity (Wildman–Crippen MR) is 72.4 cm³/mol. The van der Waals surface area contributed by atoms with E-state index in [9.17, 15) is 5.11 Å². The van der Waals surface area contributed by atoms with Crippen molar-refractivity contribution in [1.29, 1.82) is 0 Å². The van der Waals surface area contributed by atoms with E-state index in [1.165, 1.54) is 11.0 Å². The number of hydrogen-bond acceptors (Lipinski definition) is 9. The van der Waals surface area contributed by atoms with Crippen molar-refractivity contribution in [2.45, 2.75) is 44.2 Å². The van der Waals surface area contributed by atoms with Crippen molar-refractivity contribution in [3.63, 3.8) is 0 Å². The van der Waals surface area contributed by atoms with E-state index in [1.54, 1.807) is 0 Å². The van der Waals surface area contributed by atoms with Gasteiger partial charge in [0.15, 0.2) is 29.0 Å². The van der Waals surface area contributed by atoms with Gasteiger partial charge in [0.1, 0.15) is 24.6 Å². The maximum Gasteiger partial charge on any atom is 0.186 e. The lowest BCUT2D eigenvalue weighted by atomic mass is 10.1. The number of nitrogens with zero attached hydrogens (tertiary/aromatic N) is 5. The lowest BCUT2D eigenvalue weighted by molar-refractivity contribution is -0.201. The molecule has 0 aliphatic carbocycles. The Labute approximate surface area is 125 Å². The number of fused-ring (bicyclic) bond motifs is 2. The van der Waals surface area contributed by atoms with Crippen LogP contribution in [0.2, 0.25) is 0 Å². The van der Waals surface area contributed by atoms with Crippen LogP contribution in [0.15, 0.2) is 6.33 Å². The molecule has 10 heteroatoms. The van der Waals surface area contributed by atoms with E-state index in [1.807, 2.05) is 13.8 Å². The second kappa shape index (κ2) is 4.56. The molecule has 2 aromatic heterocycles. The van der Waals surface area contributed by atoms with Crippen LogP contribution in [0.3, 0.4) is 0 Å². The van der Waals surface area contributed by atoms with Gasteiger partial charge in [0.25, 0.3) is 0 Å². The highest BCUT2D eigenvalue weighted by Crippen LogP contribution is 2.43. The second-order valence-electron chi connectivity index (χ2n) is 5.78. The molecule has 0 aromatic carbocycles. The molecule has 0 spiro atoms. The first-order valence-corrected chi connectivity index (χ1v) is 6.93. The number of rotatable bonds is 2. The van der Waals surface area contributed by atoms with Gasteiger partial charge in [0.2, 0.25) is 0 Å². The number of aromatic nitrogens is 5. The number of aliphatic hydroxyl groups is 1. The average Bonchev–Trinajstić information content (AvgIpc) is 3.10. The highest BCUT2D eigenvalue weighted by molar-refractivity contribution is 5.80. The van der Waals surface area contributed by atoms with E-state index >= 15 is 0 Å². The Bertz CT molecular complexity index is 719. The highest BCUT2D eigenvalue weighted by Gasteiger charge is 2.56. The Kier molecular flexibility index (Phi) is 2.85. The maximum absolute atomic E-state index is 9.50. The van der Waals surface area contributed by atoms with Crippen molar-refractivity contribution in [2.75, 3.05) is 12.3 Å². The average molecular weight is 308 g/mol. The number of nitrogens with two attached hydrogens (primary N) is 1. The Balaban J connectivity index is 1.77. The molecule has 3 N–H and O–H groups in total. The number of ether oxygens (including phenoxy) is 3. The standard InChI is InChI=1S/C12H16N6O4/c1-12(2)21-7-5(3-19)20-11(8(7)22-12)18-10-6(16-17-18)9(13)14-4-15-10/h4-5,7-8,11,19H,3H2,1-2H3,(H2,13,14,15)/t5-,7-,8-,11-/m1/s1. The lowest BCUT2D eigenvalue weighted by Gasteiger charge is -2.23. The van der Waals surface area contributed by atoms with E-state index in [2.05, 4.69) is 20.3 Å². The summed E-state index contributed by atoms with van der Waals surface area (Å²) in [6.45, 7) is 3.45. The molecule has 22 heavy (non-hydrogen) atoms. The quantitative estimate of drug-likeness (QED) is 0.733. The molecule has 0 saturated carbocycles. The van der Waals surface area contributed by atoms with E-state index in [0.29, 0.717) is 11.2 Å². The fourth-order valence-electron chi connectivity index (χ4n) is 2.96. The number of aliphatic hydroxyl groups excluding tert-OH is 1. The Morgan fingerprint density at radius 1 is 1.32 bits per heavy atom. The van der Waals surface area contributed by atoms with Crippen molar-refractivity contribution in [2.24, 2.45) is 0 Å². The van der Waals surface area contributed by atoms with Crippen molar-refractivity contribution >= 4 is 17.0 Å². The summed E-state index contributed by atoms with van der Waals surface area (Å²) < 4.78 is 19.0. The molecule has 2 aliphatic heterocycles. The van der Waals surface area contributed by atoms with Crippen LogP contribution in [0.1, 0.15) is 20.1 Å². The van der Waals surface area contributed by atoms with Crippen LogP contribution >= 0.6 is 0 Å². The Morgan fingerprint density at radius 3 is 2.86 bits per heavy atom. The summed E-state index contributed by atoms with van der Waals surface area (Å²) in [4.78, 5) is 8.04. The van der Waals surface area contributed by atoms with Gasteiger partial charge in [0.05, 0.1) is 6.61 Å². The van der Waals surface area contributed by atoms with E-state index in [4.69, 9.17) is 19.9 Å². The molecule has 10 nitrogen and oxygen atoms in total. The maximum atomic E-state index is 9.50. The molecule has 2 saturated heterocycles. The largest absolute Gasteiger partial charge is 0.394 e. The van der Waals surface area contributed by atoms with Crippen LogP contribution in [0.25, 0.3) is 11.2 Å². The molecule has 0 amide bonds. The molecule has 118 valence electrons. The molecule has 4 heterocycles. The van der Waals surface area contributed by atoms with Gasteiger partial charge in [-0.15, -0.1) is 5.10 Å². The molecular weight excluding hydrogens is 292 g/mol. The zero-order valence-electron chi connectivity index (χ0n) is 12.1. The third-order valence-corrected chi connectivity index (χ3v) is 3.84. The second-order valence-corrected chi connectivity index (χ2v) is 5.78. The topological polar surface area (TPSA) is 130 Å². The van der Waals surface area contributed by atoms with Gasteiger partial charge < -0.3 is 25.1 Å². The summed E-state index contributed by atoms with van der Waals surface area (Å²) in [7, 11) is 0. The van der Waals surface area contributed by atoms with Crippen molar-refractivity contribution < 1.29 is 19.3 Å². The third kappa shape index (κ3) is 1.88. The molecular formula is C12H16N6O4. The number of nitrogen functional groups attached to an aromatic ring is 1. The summed E-state index contributed by atoms with van der Waals surface area (Å²) in [6.07, 6.45) is -0.584. The third-order valence-electron chi connectivity index (χ3n) is 3.84. The highest BCUT2D eigenvalue weighted by atomic mass is 16.8. The number of anilines is 1. The fourth-order valence-corrected chi connectivity index (χ4v) is 2.96. The minimum absolute atomic E-state index is 0.180. The Hall–Kier alpha value is -1.88. The first kappa shape index (κ1) is 13.8. The van der Waals surface area contributed by atoms with Gasteiger partial charge in [-0.3, -0.25) is 0 Å². The Morgan fingerprint density at radius 2 is 2.09 bits per heavy atom. The van der Waals surface area contributed by atoms with Gasteiger partial charge in [-0.2, -0.15) is 4.68 Å². The van der Waals surface area contributed by atoms with Crippen LogP contribution in [-0.2, 0) is 14.2 Å². The van der Waals surface area contributed by atoms with Crippen LogP contribution in [0, 0.1) is 0 Å². The summed E-state index contributed by atoms with van der Waals surface area (Å²) >= 11 is 0. The van der Waals surface area contributed by atoms with E-state index < -0.39 is 24.2 Å². The van der Waals surface area contributed by atoms with Gasteiger partial charge in [-0.1, -0.05) is 5.21 Å². The van der Waals surface area contributed by atoms with Crippen LogP contribution in [-0.4, -0.2) is 60.8 Å². The molecule has 4 rings (SSSR count). The van der Waals surface area contributed by atoms with E-state index in [-0.39, 0.29) is 18.5 Å². The van der Waals surface area contributed by atoms with Crippen LogP contribution < -0.4 is 5.73 Å². The van der Waals surface area contributed by atoms with Crippen LogP contribution in [0.4, 0.5) is 5.82 Å². The van der Waals surface area contributed by atoms with Gasteiger partial charge >= 0.3 is 0 Å². The first-order valence-electron chi connectivity index (χ1n) is 6.93. The summed E-state index contributed by atoms with van der Waals surface area (Å²) in [5.74, 6) is -0.511. The molecule has 0 bridgehead atoms. The summed E-state index contributed by atoms with van der Waals surface area (Å²) in [5, 5.41) is 17.5. The van der Waals surface area contributed by atoms with Gasteiger partial charge in [-0.05, 0) is 13.8 Å². The molecule has 2 aliphatic rings. The predicted octanol–water partition coefficient (Wildman–Crippen LogP) is -0.787. The molecule has 0 radical (unpaired) electrons. The summed E-state index contributed by atoms with van der Waals surface area (Å²) in [6, 6.07) is 0. The van der Waals surface area contributed by atoms with Crippen molar-refractivity contribution in [3.8, 4) is 0 Å². The molecule has 0 unspecified atom stereocenters. The van der Waals surface area contributed by atoms with E-state index in [0.717, 1.165) is 0 Å². The smallest absolute Gasteiger partial charge is 0.186 e. The van der Waals surface area contributed by atoms with Gasteiger partial charge in [-0.25, -0.2) is 9.97 Å². The van der Waals surface area contributed by atoms with Crippen molar-refractivity contribution in [1.82, 2.24) is 25.0 Å². The minimum Gasteiger partial charge on any atom is -0.394 e. The number of hydrogen-bond donors (Lipinski definition) is 2. The molecule has 2 aromatic rings. The minimum atomic E-state index is -0.755. The monoisotopic (exact) mass is 308 g/mol. The van der Waals surface area contributed by atoms with Gasteiger partial charge in [0, 0.05) is 0 Å². The van der Waals surface area contributed by atoms with Crippen LogP contribution in [0.5, 0.6) is 0 Å².